The molecule has 0 saturated heterocycles. The van der Waals surface area contributed by atoms with Gasteiger partial charge in [0.15, 0.2) is 0 Å². The topological polar surface area (TPSA) is 84.6 Å². The molecular weight excluding hydrogens is 388 g/mol. The number of aliphatic hydroxyl groups excluding tert-OH is 1. The number of benzene rings is 3. The van der Waals surface area contributed by atoms with Crippen molar-refractivity contribution in [2.75, 3.05) is 11.9 Å². The number of nitrogens with two attached hydrogens (primary N) is 1. The van der Waals surface area contributed by atoms with E-state index in [2.05, 4.69) is 5.32 Å². The quantitative estimate of drug-likeness (QED) is 0.526. The second-order valence-corrected chi connectivity index (χ2v) is 6.37. The van der Waals surface area contributed by atoms with Gasteiger partial charge in [-0.25, -0.2) is 0 Å². The lowest BCUT2D eigenvalue weighted by Gasteiger charge is -2.11. The summed E-state index contributed by atoms with van der Waals surface area (Å²) in [6.07, 6.45) is 0. The van der Waals surface area contributed by atoms with E-state index in [4.69, 9.17) is 27.2 Å². The van der Waals surface area contributed by atoms with Crippen molar-refractivity contribution in [1.29, 1.82) is 0 Å². The Bertz CT molecular complexity index is 895. The molecule has 3 rings (SSSR count). The molecule has 0 fully saturated rings. The lowest BCUT2D eigenvalue weighted by molar-refractivity contribution is -0.118. The van der Waals surface area contributed by atoms with Crippen LogP contribution in [0.3, 0.4) is 0 Å². The molecule has 6 heteroatoms. The second-order valence-electron chi connectivity index (χ2n) is 5.94. The van der Waals surface area contributed by atoms with E-state index < -0.39 is 18.6 Å². The summed E-state index contributed by atoms with van der Waals surface area (Å²) in [4.78, 5) is 11.7. The number of nitrogens with one attached hydrogen (secondary N) is 1. The molecule has 29 heavy (non-hydrogen) atoms. The van der Waals surface area contributed by atoms with Gasteiger partial charge in [-0.15, -0.1) is 0 Å². The standard InChI is InChI=1S/C21H19ClN2O3.C2H6/c22-16-5-1-14(2-6-16)15-3-9-18(10-4-15)27-19-11-7-17(8-12-19)24-21(26)20(23)13-25;1-2/h1-12,20,25H,13,23H2,(H,24,26);1-2H3. The van der Waals surface area contributed by atoms with Gasteiger partial charge in [0.1, 0.15) is 17.5 Å². The summed E-state index contributed by atoms with van der Waals surface area (Å²) in [5, 5.41) is 12.2. The number of anilines is 1. The highest BCUT2D eigenvalue weighted by Gasteiger charge is 2.11. The van der Waals surface area contributed by atoms with Crippen LogP contribution in [-0.4, -0.2) is 23.7 Å². The summed E-state index contributed by atoms with van der Waals surface area (Å²) < 4.78 is 5.82. The number of halogens is 1. The lowest BCUT2D eigenvalue weighted by atomic mass is 10.1. The van der Waals surface area contributed by atoms with Gasteiger partial charge in [0, 0.05) is 10.7 Å². The van der Waals surface area contributed by atoms with Crippen molar-refractivity contribution in [3.05, 3.63) is 77.8 Å². The monoisotopic (exact) mass is 412 g/mol. The highest BCUT2D eigenvalue weighted by molar-refractivity contribution is 6.30. The van der Waals surface area contributed by atoms with Gasteiger partial charge in [0.05, 0.1) is 6.61 Å². The fourth-order valence-corrected chi connectivity index (χ4v) is 2.54. The largest absolute Gasteiger partial charge is 0.457 e. The Morgan fingerprint density at radius 1 is 0.931 bits per heavy atom. The fraction of sp³-hybridized carbons (Fsp3) is 0.174. The Hall–Kier alpha value is -2.86. The lowest BCUT2D eigenvalue weighted by Crippen LogP contribution is -2.38. The molecule has 0 radical (unpaired) electrons. The van der Waals surface area contributed by atoms with E-state index in [0.29, 0.717) is 22.2 Å². The molecule has 0 aromatic heterocycles. The Balaban J connectivity index is 0.00000145. The van der Waals surface area contributed by atoms with Gasteiger partial charge in [0.25, 0.3) is 0 Å². The highest BCUT2D eigenvalue weighted by Crippen LogP contribution is 2.27. The smallest absolute Gasteiger partial charge is 0.243 e. The second kappa shape index (κ2) is 11.2. The number of carbonyl (C=O) groups excluding carboxylic acids is 1. The van der Waals surface area contributed by atoms with E-state index in [1.54, 1.807) is 24.3 Å². The zero-order valence-corrected chi connectivity index (χ0v) is 17.2. The molecule has 1 unspecified atom stereocenters. The minimum absolute atomic E-state index is 0.404. The first kappa shape index (κ1) is 22.4. The number of rotatable bonds is 6. The van der Waals surface area contributed by atoms with E-state index in [1.807, 2.05) is 62.4 Å². The van der Waals surface area contributed by atoms with Crippen molar-refractivity contribution >= 4 is 23.2 Å². The molecule has 0 aliphatic carbocycles. The summed E-state index contributed by atoms with van der Waals surface area (Å²) in [5.41, 5.74) is 8.19. The van der Waals surface area contributed by atoms with Gasteiger partial charge >= 0.3 is 0 Å². The zero-order valence-electron chi connectivity index (χ0n) is 16.4. The molecule has 3 aromatic carbocycles. The Kier molecular flexibility index (Phi) is 8.68. The van der Waals surface area contributed by atoms with Gasteiger partial charge < -0.3 is 20.9 Å². The number of aliphatic hydroxyl groups is 1. The predicted octanol–water partition coefficient (Wildman–Crippen LogP) is 5.08. The summed E-state index contributed by atoms with van der Waals surface area (Å²) in [5.74, 6) is 0.898. The van der Waals surface area contributed by atoms with Crippen LogP contribution in [0.2, 0.25) is 5.02 Å². The normalized spacial score (nSPS) is 11.1. The van der Waals surface area contributed by atoms with Crippen molar-refractivity contribution in [2.45, 2.75) is 19.9 Å². The molecule has 0 aliphatic heterocycles. The van der Waals surface area contributed by atoms with E-state index in [1.165, 1.54) is 0 Å². The van der Waals surface area contributed by atoms with Crippen molar-refractivity contribution in [2.24, 2.45) is 5.73 Å². The van der Waals surface area contributed by atoms with E-state index in [9.17, 15) is 4.79 Å². The van der Waals surface area contributed by atoms with Crippen molar-refractivity contribution < 1.29 is 14.6 Å². The van der Waals surface area contributed by atoms with Gasteiger partial charge in [-0.05, 0) is 59.7 Å². The number of carbonyl (C=O) groups is 1. The van der Waals surface area contributed by atoms with Crippen LogP contribution < -0.4 is 15.8 Å². The molecule has 0 saturated carbocycles. The first-order valence-corrected chi connectivity index (χ1v) is 9.74. The maximum absolute atomic E-state index is 11.7. The van der Waals surface area contributed by atoms with Gasteiger partial charge in [-0.1, -0.05) is 49.7 Å². The van der Waals surface area contributed by atoms with E-state index in [0.717, 1.165) is 11.1 Å². The highest BCUT2D eigenvalue weighted by atomic mass is 35.5. The molecule has 3 aromatic rings. The van der Waals surface area contributed by atoms with Crippen LogP contribution >= 0.6 is 11.6 Å². The van der Waals surface area contributed by atoms with Crippen molar-refractivity contribution in [3.8, 4) is 22.6 Å². The van der Waals surface area contributed by atoms with Crippen LogP contribution in [0.1, 0.15) is 13.8 Å². The maximum atomic E-state index is 11.7. The molecule has 1 amide bonds. The molecule has 1 atom stereocenters. The molecule has 5 nitrogen and oxygen atoms in total. The Labute approximate surface area is 176 Å². The first-order valence-electron chi connectivity index (χ1n) is 9.36. The van der Waals surface area contributed by atoms with Crippen LogP contribution in [0.5, 0.6) is 11.5 Å². The molecule has 0 bridgehead atoms. The van der Waals surface area contributed by atoms with Crippen LogP contribution in [-0.2, 0) is 4.79 Å². The third-order valence-electron chi connectivity index (χ3n) is 3.92. The van der Waals surface area contributed by atoms with E-state index >= 15 is 0 Å². The Morgan fingerprint density at radius 3 is 1.86 bits per heavy atom. The van der Waals surface area contributed by atoms with Crippen molar-refractivity contribution in [1.82, 2.24) is 0 Å². The minimum Gasteiger partial charge on any atom is -0.457 e. The maximum Gasteiger partial charge on any atom is 0.243 e. The summed E-state index contributed by atoms with van der Waals surface area (Å²) in [6.45, 7) is 3.60. The predicted molar refractivity (Wildman–Crippen MR) is 118 cm³/mol. The average Bonchev–Trinajstić information content (AvgIpc) is 2.77. The summed E-state index contributed by atoms with van der Waals surface area (Å²) >= 11 is 5.92. The Morgan fingerprint density at radius 2 is 1.38 bits per heavy atom. The molecule has 0 heterocycles. The van der Waals surface area contributed by atoms with Crippen LogP contribution in [0, 0.1) is 0 Å². The minimum atomic E-state index is -0.944. The van der Waals surface area contributed by atoms with Crippen LogP contribution in [0.25, 0.3) is 11.1 Å². The molecular formula is C23H25ClN2O3. The molecule has 152 valence electrons. The van der Waals surface area contributed by atoms with E-state index in [-0.39, 0.29) is 0 Å². The number of hydrogen-bond acceptors (Lipinski definition) is 4. The number of ether oxygens (including phenoxy) is 1. The SMILES string of the molecule is CC.NC(CO)C(=O)Nc1ccc(Oc2ccc(-c3ccc(Cl)cc3)cc2)cc1. The molecule has 4 N–H and O–H groups in total. The number of hydrogen-bond donors (Lipinski definition) is 3. The fourth-order valence-electron chi connectivity index (χ4n) is 2.42. The third-order valence-corrected chi connectivity index (χ3v) is 4.17. The van der Waals surface area contributed by atoms with Gasteiger partial charge in [-0.3, -0.25) is 4.79 Å². The third kappa shape index (κ3) is 6.61. The van der Waals surface area contributed by atoms with Gasteiger partial charge in [0.2, 0.25) is 5.91 Å². The molecule has 0 aliphatic rings. The van der Waals surface area contributed by atoms with Crippen LogP contribution in [0.4, 0.5) is 5.69 Å². The van der Waals surface area contributed by atoms with Crippen LogP contribution in [0.15, 0.2) is 72.8 Å². The summed E-state index contributed by atoms with van der Waals surface area (Å²) in [6, 6.07) is 21.3. The first-order chi connectivity index (χ1) is 14.0. The van der Waals surface area contributed by atoms with Crippen molar-refractivity contribution in [3.63, 3.8) is 0 Å². The zero-order chi connectivity index (χ0) is 21.2. The molecule has 0 spiro atoms. The number of amides is 1. The van der Waals surface area contributed by atoms with Gasteiger partial charge in [-0.2, -0.15) is 0 Å². The average molecular weight is 413 g/mol. The summed E-state index contributed by atoms with van der Waals surface area (Å²) in [7, 11) is 0.